The molecule has 0 unspecified atom stereocenters. The molecule has 1 saturated carbocycles. The van der Waals surface area contributed by atoms with Gasteiger partial charge in [-0.25, -0.2) is 8.78 Å². The average molecular weight is 290 g/mol. The Balaban J connectivity index is 2.08. The van der Waals surface area contributed by atoms with Gasteiger partial charge in [0.05, 0.1) is 5.56 Å². The summed E-state index contributed by atoms with van der Waals surface area (Å²) in [6.45, 7) is 4.22. The van der Waals surface area contributed by atoms with Gasteiger partial charge in [0.2, 0.25) is 0 Å². The lowest BCUT2D eigenvalue weighted by molar-refractivity contribution is 0.309. The fraction of sp³-hybridized carbons (Fsp3) is 0.579. The molecule has 1 aromatic rings. The topological polar surface area (TPSA) is 0 Å². The predicted octanol–water partition coefficient (Wildman–Crippen LogP) is 5.49. The molecule has 2 heteroatoms. The molecule has 0 saturated heterocycles. The second kappa shape index (κ2) is 7.59. The van der Waals surface area contributed by atoms with E-state index in [1.54, 1.807) is 0 Å². The second-order valence-electron chi connectivity index (χ2n) is 6.08. The third-order valence-corrected chi connectivity index (χ3v) is 4.47. The Morgan fingerprint density at radius 1 is 1.05 bits per heavy atom. The van der Waals surface area contributed by atoms with Crippen LogP contribution in [0.5, 0.6) is 0 Å². The smallest absolute Gasteiger partial charge is 0.142 e. The highest BCUT2D eigenvalue weighted by atomic mass is 19.1. The lowest BCUT2D eigenvalue weighted by Crippen LogP contribution is -2.12. The van der Waals surface area contributed by atoms with Gasteiger partial charge in [0.25, 0.3) is 0 Å². The zero-order valence-corrected chi connectivity index (χ0v) is 13.0. The highest BCUT2D eigenvalue weighted by molar-refractivity contribution is 5.39. The number of halogens is 2. The van der Waals surface area contributed by atoms with Crippen LogP contribution < -0.4 is 0 Å². The fourth-order valence-corrected chi connectivity index (χ4v) is 3.07. The van der Waals surface area contributed by atoms with Crippen molar-refractivity contribution < 1.29 is 8.78 Å². The third-order valence-electron chi connectivity index (χ3n) is 4.47. The molecule has 0 N–H and O–H groups in total. The van der Waals surface area contributed by atoms with Crippen LogP contribution in [-0.2, 0) is 6.42 Å². The number of hydrogen-bond donors (Lipinski definition) is 0. The van der Waals surface area contributed by atoms with Crippen molar-refractivity contribution in [2.24, 2.45) is 11.8 Å². The molecule has 1 aliphatic rings. The van der Waals surface area contributed by atoms with Crippen molar-refractivity contribution in [3.05, 3.63) is 34.9 Å². The van der Waals surface area contributed by atoms with Gasteiger partial charge in [-0.3, -0.25) is 0 Å². The second-order valence-corrected chi connectivity index (χ2v) is 6.08. The Bertz CT molecular complexity index is 505. The van der Waals surface area contributed by atoms with E-state index in [1.165, 1.54) is 31.4 Å². The van der Waals surface area contributed by atoms with E-state index in [-0.39, 0.29) is 5.56 Å². The molecule has 2 rings (SSSR count). The number of benzene rings is 1. The Morgan fingerprint density at radius 2 is 1.67 bits per heavy atom. The van der Waals surface area contributed by atoms with Crippen LogP contribution in [0.3, 0.4) is 0 Å². The highest BCUT2D eigenvalue weighted by Crippen LogP contribution is 2.30. The molecule has 0 radical (unpaired) electrons. The van der Waals surface area contributed by atoms with Gasteiger partial charge in [-0.05, 0) is 55.7 Å². The molecule has 1 fully saturated rings. The minimum absolute atomic E-state index is 0.0625. The van der Waals surface area contributed by atoms with E-state index in [0.717, 1.165) is 25.2 Å². The third kappa shape index (κ3) is 4.30. The molecule has 0 aliphatic heterocycles. The maximum atomic E-state index is 14.0. The lowest BCUT2D eigenvalue weighted by atomic mass is 9.81. The Hall–Kier alpha value is -1.36. The molecule has 1 aromatic carbocycles. The van der Waals surface area contributed by atoms with Gasteiger partial charge in [0, 0.05) is 5.92 Å². The van der Waals surface area contributed by atoms with Crippen molar-refractivity contribution in [1.82, 2.24) is 0 Å². The van der Waals surface area contributed by atoms with E-state index < -0.39 is 11.6 Å². The van der Waals surface area contributed by atoms with Crippen molar-refractivity contribution in [2.75, 3.05) is 0 Å². The Morgan fingerprint density at radius 3 is 2.19 bits per heavy atom. The van der Waals surface area contributed by atoms with E-state index in [1.807, 2.05) is 6.92 Å². The fourth-order valence-electron chi connectivity index (χ4n) is 3.07. The van der Waals surface area contributed by atoms with E-state index in [0.29, 0.717) is 17.9 Å². The van der Waals surface area contributed by atoms with Crippen LogP contribution in [0, 0.1) is 35.3 Å². The summed E-state index contributed by atoms with van der Waals surface area (Å²) >= 11 is 0. The molecule has 0 bridgehead atoms. The standard InChI is InChI=1S/C19H24F2/c1-3-5-16-12-18(20)17(19(21)13-16)11-10-15-8-6-14(4-2)7-9-15/h12-15H,3-9H2,1-2H3. The van der Waals surface area contributed by atoms with Gasteiger partial charge < -0.3 is 0 Å². The van der Waals surface area contributed by atoms with Gasteiger partial charge in [-0.15, -0.1) is 0 Å². The maximum absolute atomic E-state index is 14.0. The van der Waals surface area contributed by atoms with Crippen molar-refractivity contribution in [3.8, 4) is 11.8 Å². The van der Waals surface area contributed by atoms with Crippen molar-refractivity contribution >= 4 is 0 Å². The summed E-state index contributed by atoms with van der Waals surface area (Å²) in [7, 11) is 0. The molecule has 0 nitrogen and oxygen atoms in total. The van der Waals surface area contributed by atoms with Crippen LogP contribution in [0.4, 0.5) is 8.78 Å². The first kappa shape index (κ1) is 16.0. The number of aryl methyl sites for hydroxylation is 1. The lowest BCUT2D eigenvalue weighted by Gasteiger charge is -2.24. The van der Waals surface area contributed by atoms with Gasteiger partial charge in [-0.2, -0.15) is 0 Å². The van der Waals surface area contributed by atoms with Crippen LogP contribution in [-0.4, -0.2) is 0 Å². The molecule has 0 amide bonds. The van der Waals surface area contributed by atoms with Gasteiger partial charge in [0.15, 0.2) is 0 Å². The highest BCUT2D eigenvalue weighted by Gasteiger charge is 2.18. The van der Waals surface area contributed by atoms with E-state index in [2.05, 4.69) is 18.8 Å². The predicted molar refractivity (Wildman–Crippen MR) is 83.0 cm³/mol. The van der Waals surface area contributed by atoms with Gasteiger partial charge in [-0.1, -0.05) is 38.5 Å². The van der Waals surface area contributed by atoms with Crippen LogP contribution >= 0.6 is 0 Å². The zero-order valence-electron chi connectivity index (χ0n) is 13.0. The molecule has 114 valence electrons. The Labute approximate surface area is 127 Å². The summed E-state index contributed by atoms with van der Waals surface area (Å²) in [5, 5.41) is 0. The summed E-state index contributed by atoms with van der Waals surface area (Å²) < 4.78 is 27.9. The summed E-state index contributed by atoms with van der Waals surface area (Å²) in [5.74, 6) is 5.90. The molecular weight excluding hydrogens is 266 g/mol. The summed E-state index contributed by atoms with van der Waals surface area (Å²) in [6, 6.07) is 2.84. The van der Waals surface area contributed by atoms with E-state index >= 15 is 0 Å². The van der Waals surface area contributed by atoms with E-state index in [4.69, 9.17) is 0 Å². The minimum Gasteiger partial charge on any atom is -0.206 e. The van der Waals surface area contributed by atoms with Crippen LogP contribution in [0.1, 0.15) is 63.5 Å². The molecule has 21 heavy (non-hydrogen) atoms. The summed E-state index contributed by atoms with van der Waals surface area (Å²) in [5.41, 5.74) is 0.647. The zero-order chi connectivity index (χ0) is 15.2. The first-order valence-corrected chi connectivity index (χ1v) is 8.13. The minimum atomic E-state index is -0.520. The van der Waals surface area contributed by atoms with Crippen LogP contribution in [0.15, 0.2) is 12.1 Å². The van der Waals surface area contributed by atoms with Crippen molar-refractivity contribution in [1.29, 1.82) is 0 Å². The van der Waals surface area contributed by atoms with Gasteiger partial charge >= 0.3 is 0 Å². The molecule has 0 spiro atoms. The van der Waals surface area contributed by atoms with E-state index in [9.17, 15) is 8.78 Å². The summed E-state index contributed by atoms with van der Waals surface area (Å²) in [6.07, 6.45) is 7.30. The SMILES string of the molecule is CCCc1cc(F)c(C#CC2CCC(CC)CC2)c(F)c1. The average Bonchev–Trinajstić information content (AvgIpc) is 2.47. The van der Waals surface area contributed by atoms with Crippen LogP contribution in [0.25, 0.3) is 0 Å². The largest absolute Gasteiger partial charge is 0.206 e. The number of rotatable bonds is 3. The quantitative estimate of drug-likeness (QED) is 0.646. The molecule has 0 atom stereocenters. The first-order valence-electron chi connectivity index (χ1n) is 8.13. The Kier molecular flexibility index (Phi) is 5.79. The first-order chi connectivity index (χ1) is 10.1. The molecular formula is C19H24F2. The molecule has 1 aliphatic carbocycles. The number of hydrogen-bond acceptors (Lipinski definition) is 0. The monoisotopic (exact) mass is 290 g/mol. The van der Waals surface area contributed by atoms with Crippen LogP contribution in [0.2, 0.25) is 0 Å². The summed E-state index contributed by atoms with van der Waals surface area (Å²) in [4.78, 5) is 0. The maximum Gasteiger partial charge on any atom is 0.142 e. The van der Waals surface area contributed by atoms with Crippen molar-refractivity contribution in [2.45, 2.75) is 58.8 Å². The normalized spacial score (nSPS) is 21.7. The molecule has 0 aromatic heterocycles. The van der Waals surface area contributed by atoms with Crippen molar-refractivity contribution in [3.63, 3.8) is 0 Å². The van der Waals surface area contributed by atoms with Gasteiger partial charge in [0.1, 0.15) is 11.6 Å². The molecule has 0 heterocycles.